The van der Waals surface area contributed by atoms with Crippen LogP contribution in [-0.2, 0) is 22.4 Å². The Balaban J connectivity index is 1.57. The molecule has 5 heterocycles. The Labute approximate surface area is 369 Å². The highest BCUT2D eigenvalue weighted by molar-refractivity contribution is 6.13. The predicted octanol–water partition coefficient (Wildman–Crippen LogP) is 8.87. The molecule has 3 aliphatic rings. The zero-order valence-corrected chi connectivity index (χ0v) is 39.6. The molecular weight excluding hydrogens is 775 g/mol. The smallest absolute Gasteiger partial charge is 0.303 e. The normalized spacial score (nSPS) is 16.2. The molecule has 0 aromatic carbocycles. The molecule has 2 atom stereocenters. The molecule has 62 heavy (non-hydrogen) atoms. The average Bonchev–Trinajstić information content (AvgIpc) is 3.95. The Hall–Kier alpha value is -5.05. The van der Waals surface area contributed by atoms with Gasteiger partial charge in [-0.3, -0.25) is 19.4 Å². The van der Waals surface area contributed by atoms with E-state index in [2.05, 4.69) is 116 Å². The van der Waals surface area contributed by atoms with E-state index in [0.29, 0.717) is 31.2 Å². The van der Waals surface area contributed by atoms with Gasteiger partial charge >= 0.3 is 5.97 Å². The number of quaternary nitrogens is 2. The third-order valence-corrected chi connectivity index (χ3v) is 13.2. The number of allylic oxidation sites excluding steroid dienone is 2. The van der Waals surface area contributed by atoms with Gasteiger partial charge in [0.15, 0.2) is 5.78 Å². The van der Waals surface area contributed by atoms with Crippen LogP contribution >= 0.6 is 0 Å². The molecule has 11 nitrogen and oxygen atoms in total. The lowest BCUT2D eigenvalue weighted by Gasteiger charge is -2.29. The Kier molecular flexibility index (Phi) is 14.0. The molecule has 6 rings (SSSR count). The van der Waals surface area contributed by atoms with Gasteiger partial charge in [-0.05, 0) is 86.4 Å². The van der Waals surface area contributed by atoms with E-state index in [1.807, 2.05) is 6.92 Å². The molecule has 1 amide bonds. The third-order valence-electron chi connectivity index (χ3n) is 13.2. The maximum absolute atomic E-state index is 14.4. The minimum atomic E-state index is -0.837. The van der Waals surface area contributed by atoms with Gasteiger partial charge < -0.3 is 28.9 Å². The number of carboxylic acids is 1. The Morgan fingerprint density at radius 1 is 0.839 bits per heavy atom. The van der Waals surface area contributed by atoms with Crippen molar-refractivity contribution in [2.24, 2.45) is 0 Å². The molecule has 0 radical (unpaired) electrons. The van der Waals surface area contributed by atoms with Crippen molar-refractivity contribution in [1.82, 2.24) is 24.8 Å². The summed E-state index contributed by atoms with van der Waals surface area (Å²) in [5.41, 5.74) is 14.9. The van der Waals surface area contributed by atoms with Crippen molar-refractivity contribution in [2.45, 2.75) is 118 Å². The van der Waals surface area contributed by atoms with Gasteiger partial charge in [0.05, 0.1) is 94.7 Å². The lowest BCUT2D eigenvalue weighted by Crippen LogP contribution is -2.41. The summed E-state index contributed by atoms with van der Waals surface area (Å²) in [5, 5.41) is 9.36. The number of ketones is 1. The number of fused-ring (bicyclic) bond motifs is 8. The van der Waals surface area contributed by atoms with Gasteiger partial charge in [-0.15, -0.1) is 0 Å². The summed E-state index contributed by atoms with van der Waals surface area (Å²) in [6.07, 6.45) is 5.58. The predicted molar refractivity (Wildman–Crippen MR) is 251 cm³/mol. The summed E-state index contributed by atoms with van der Waals surface area (Å²) in [6.45, 7) is 16.2. The van der Waals surface area contributed by atoms with Crippen molar-refractivity contribution in [3.63, 3.8) is 0 Å². The highest BCUT2D eigenvalue weighted by Gasteiger charge is 2.37. The molecule has 0 saturated carbocycles. The van der Waals surface area contributed by atoms with Gasteiger partial charge in [0.1, 0.15) is 0 Å². The summed E-state index contributed by atoms with van der Waals surface area (Å²) < 4.78 is 1.70. The van der Waals surface area contributed by atoms with Crippen molar-refractivity contribution in [3.8, 4) is 11.8 Å². The SMILES string of the molecule is CCC1=C(C)c2cc3[nH]c(c(C)c3CC)c(C#CCCCC(=O)O)c3nc(c4c5[nH]c(cc1n2)c(C)c5C(=O)C4)[C@@H](CCC(=O)N(CCC[N+](C)(C)C)CCC[N+](C)(C)C)[C@@H]3C. The van der Waals surface area contributed by atoms with E-state index in [1.54, 1.807) is 0 Å². The second-order valence-corrected chi connectivity index (χ2v) is 19.8. The first-order chi connectivity index (χ1) is 29.2. The Morgan fingerprint density at radius 3 is 2.10 bits per heavy atom. The molecule has 2 aliphatic heterocycles. The number of carboxylic acid groups (broad SMARTS) is 1. The molecule has 11 heteroatoms. The second kappa shape index (κ2) is 18.7. The first-order valence-corrected chi connectivity index (χ1v) is 22.8. The van der Waals surface area contributed by atoms with Crippen molar-refractivity contribution < 1.29 is 28.5 Å². The number of carbonyl (C=O) groups is 3. The molecule has 1 aliphatic carbocycles. The van der Waals surface area contributed by atoms with Crippen molar-refractivity contribution in [1.29, 1.82) is 0 Å². The maximum Gasteiger partial charge on any atom is 0.303 e. The van der Waals surface area contributed by atoms with Gasteiger partial charge in [-0.1, -0.05) is 32.6 Å². The number of hydrogen-bond acceptors (Lipinski definition) is 5. The molecule has 332 valence electrons. The minimum Gasteiger partial charge on any atom is -0.481 e. The topological polar surface area (TPSA) is 132 Å². The van der Waals surface area contributed by atoms with Crippen LogP contribution < -0.4 is 0 Å². The Bertz CT molecular complexity index is 2490. The van der Waals surface area contributed by atoms with Gasteiger partial charge in [-0.25, -0.2) is 4.98 Å². The van der Waals surface area contributed by atoms with Crippen LogP contribution in [0.15, 0.2) is 12.1 Å². The number of hydrogen-bond donors (Lipinski definition) is 3. The molecule has 3 N–H and O–H groups in total. The zero-order chi connectivity index (χ0) is 45.3. The van der Waals surface area contributed by atoms with Gasteiger partial charge in [0.25, 0.3) is 0 Å². The fourth-order valence-electron chi connectivity index (χ4n) is 9.69. The van der Waals surface area contributed by atoms with E-state index in [-0.39, 0.29) is 36.4 Å². The molecule has 3 aromatic rings. The lowest BCUT2D eigenvalue weighted by molar-refractivity contribution is -0.870. The number of amides is 1. The zero-order valence-electron chi connectivity index (χ0n) is 39.6. The molecule has 3 aromatic heterocycles. The number of unbranched alkanes of at least 4 members (excludes halogenated alkanes) is 1. The standard InChI is InChI=1S/C51H69N7O4/c1-13-35-31(3)40-29-43-36(14-2)32(4)48(54-43)38(20-16-15-17-21-46(61)62)49-33(5)37(22-23-45(60)56(24-18-26-57(7,8)9)25-19-27-58(10,11)12)50(55-49)39-28-44(59)47-34(6)41(53-51(39)47)30-42(35)52-40/h29-30,33,37H,13-15,17-19,21-28H2,1-12H3,(H-2,52,53,54,55,59,61,62)/p+2/t33-,37-/m0/s1. The van der Waals surface area contributed by atoms with Crippen LogP contribution in [0.1, 0.15) is 152 Å². The number of aromatic amines is 2. The first-order valence-electron chi connectivity index (χ1n) is 22.8. The summed E-state index contributed by atoms with van der Waals surface area (Å²) >= 11 is 0. The number of carbonyl (C=O) groups excluding carboxylic acids is 2. The summed E-state index contributed by atoms with van der Waals surface area (Å²) in [7, 11) is 13.1. The number of nitrogens with one attached hydrogen (secondary N) is 2. The van der Waals surface area contributed by atoms with Crippen molar-refractivity contribution >= 4 is 50.9 Å². The third kappa shape index (κ3) is 10.1. The van der Waals surface area contributed by atoms with Gasteiger partial charge in [0, 0.05) is 85.6 Å². The van der Waals surface area contributed by atoms with Crippen molar-refractivity contribution in [3.05, 3.63) is 68.3 Å². The van der Waals surface area contributed by atoms with E-state index in [1.165, 1.54) is 11.1 Å². The highest BCUT2D eigenvalue weighted by atomic mass is 16.4. The number of rotatable bonds is 16. The minimum absolute atomic E-state index is 0.0507. The molecule has 8 bridgehead atoms. The monoisotopic (exact) mass is 846 g/mol. The molecular formula is C51H71N7O4+2. The fraction of sp³-hybridized carbons (Fsp3) is 0.549. The van der Waals surface area contributed by atoms with Crippen LogP contribution in [0.25, 0.3) is 33.2 Å². The van der Waals surface area contributed by atoms with Crippen LogP contribution in [-0.4, -0.2) is 125 Å². The summed E-state index contributed by atoms with van der Waals surface area (Å²) in [5.74, 6) is 5.97. The van der Waals surface area contributed by atoms with Crippen molar-refractivity contribution in [2.75, 3.05) is 68.5 Å². The largest absolute Gasteiger partial charge is 0.481 e. The van der Waals surface area contributed by atoms with Crippen LogP contribution in [0.5, 0.6) is 0 Å². The number of nitrogens with zero attached hydrogens (tertiary/aromatic N) is 5. The number of aliphatic carboxylic acids is 1. The van der Waals surface area contributed by atoms with E-state index in [4.69, 9.17) is 9.97 Å². The fourth-order valence-corrected chi connectivity index (χ4v) is 9.69. The molecule has 0 unspecified atom stereocenters. The number of aromatic nitrogens is 4. The van der Waals surface area contributed by atoms with E-state index >= 15 is 0 Å². The quantitative estimate of drug-likeness (QED) is 0.0750. The Morgan fingerprint density at radius 2 is 1.48 bits per heavy atom. The molecule has 0 fully saturated rings. The van der Waals surface area contributed by atoms with Crippen LogP contribution in [0, 0.1) is 25.7 Å². The van der Waals surface area contributed by atoms with Crippen LogP contribution in [0.4, 0.5) is 0 Å². The maximum atomic E-state index is 14.4. The molecule has 0 spiro atoms. The van der Waals surface area contributed by atoms with Gasteiger partial charge in [-0.2, -0.15) is 0 Å². The average molecular weight is 846 g/mol. The van der Waals surface area contributed by atoms with Crippen LogP contribution in [0.3, 0.4) is 0 Å². The van der Waals surface area contributed by atoms with Gasteiger partial charge in [0.2, 0.25) is 5.91 Å². The molecule has 0 saturated heterocycles. The number of aryl methyl sites for hydroxylation is 3. The van der Waals surface area contributed by atoms with E-state index in [0.717, 1.165) is 133 Å². The van der Waals surface area contributed by atoms with E-state index < -0.39 is 5.97 Å². The van der Waals surface area contributed by atoms with E-state index in [9.17, 15) is 19.5 Å². The highest BCUT2D eigenvalue weighted by Crippen LogP contribution is 2.46. The summed E-state index contributed by atoms with van der Waals surface area (Å²) in [6, 6.07) is 4.25. The number of Topliss-reactive ketones (excluding diaryl/α,β-unsaturated/α-hetero) is 1. The number of H-pyrrole nitrogens is 2. The summed E-state index contributed by atoms with van der Waals surface area (Å²) in [4.78, 5) is 60.2. The lowest BCUT2D eigenvalue weighted by atomic mass is 9.84. The first kappa shape index (κ1) is 46.5. The van der Waals surface area contributed by atoms with Crippen LogP contribution in [0.2, 0.25) is 0 Å². The second-order valence-electron chi connectivity index (χ2n) is 19.8.